The van der Waals surface area contributed by atoms with E-state index in [-0.39, 0.29) is 23.3 Å². The summed E-state index contributed by atoms with van der Waals surface area (Å²) < 4.78 is 104. The number of halogens is 8. The van der Waals surface area contributed by atoms with E-state index in [1.165, 1.54) is 0 Å². The van der Waals surface area contributed by atoms with E-state index in [4.69, 9.17) is 10.2 Å². The van der Waals surface area contributed by atoms with Crippen molar-refractivity contribution in [2.24, 2.45) is 0 Å². The van der Waals surface area contributed by atoms with E-state index in [9.17, 15) is 35.1 Å². The zero-order chi connectivity index (χ0) is 17.7. The second-order valence-corrected chi connectivity index (χ2v) is 4.71. The summed E-state index contributed by atoms with van der Waals surface area (Å²) in [7, 11) is 0. The molecule has 1 rings (SSSR count). The van der Waals surface area contributed by atoms with E-state index in [2.05, 4.69) is 0 Å². The maximum atomic E-state index is 13.5. The Morgan fingerprint density at radius 1 is 0.636 bits per heavy atom. The molecule has 0 saturated heterocycles. The molecule has 0 aliphatic heterocycles. The molecule has 0 aromatic heterocycles. The van der Waals surface area contributed by atoms with Gasteiger partial charge in [-0.15, -0.1) is 0 Å². The van der Waals surface area contributed by atoms with Crippen molar-refractivity contribution >= 4 is 0 Å². The Bertz CT molecular complexity index is 521. The molecule has 0 heterocycles. The van der Waals surface area contributed by atoms with Crippen LogP contribution < -0.4 is 0 Å². The van der Waals surface area contributed by atoms with Gasteiger partial charge in [0.1, 0.15) is 0 Å². The summed E-state index contributed by atoms with van der Waals surface area (Å²) in [6.07, 6.45) is -11.5. The lowest BCUT2D eigenvalue weighted by molar-refractivity contribution is -0.343. The first kappa shape index (κ1) is 18.6. The molecule has 1 aromatic rings. The number of rotatable bonds is 4. The number of hydrogen-bond acceptors (Lipinski definition) is 2. The second-order valence-electron chi connectivity index (χ2n) is 4.71. The van der Waals surface area contributed by atoms with Gasteiger partial charge in [-0.05, 0) is 37.1 Å². The second kappa shape index (κ2) is 5.05. The van der Waals surface area contributed by atoms with Crippen LogP contribution in [0.5, 0.6) is 0 Å². The number of alkyl halides is 8. The fraction of sp³-hybridized carbons (Fsp3) is 0.500. The number of aliphatic hydroxyl groups is 2. The van der Waals surface area contributed by atoms with Gasteiger partial charge in [0.05, 0.1) is 0 Å². The Hall–Kier alpha value is -1.42. The standard InChI is InChI=1S/C12H10F8O2/c1-5-3-7(9(13,14)11(17,18)21)8(4-6(5)2)10(15,16)12(19,20)22/h3-4,21-22H,1-2H3. The SMILES string of the molecule is Cc1cc(C(F)(F)C(O)(F)F)c(C(F)(F)C(O)(F)F)cc1C. The lowest BCUT2D eigenvalue weighted by atomic mass is 9.91. The number of hydrogen-bond donors (Lipinski definition) is 2. The van der Waals surface area contributed by atoms with Crippen LogP contribution in [0.25, 0.3) is 0 Å². The monoisotopic (exact) mass is 338 g/mol. The van der Waals surface area contributed by atoms with Crippen molar-refractivity contribution in [1.82, 2.24) is 0 Å². The Morgan fingerprint density at radius 3 is 1.05 bits per heavy atom. The highest BCUT2D eigenvalue weighted by Gasteiger charge is 2.64. The van der Waals surface area contributed by atoms with Gasteiger partial charge >= 0.3 is 24.1 Å². The zero-order valence-electron chi connectivity index (χ0n) is 11.1. The van der Waals surface area contributed by atoms with Crippen LogP contribution in [-0.2, 0) is 11.8 Å². The lowest BCUT2D eigenvalue weighted by Gasteiger charge is -2.29. The maximum absolute atomic E-state index is 13.5. The van der Waals surface area contributed by atoms with Crippen molar-refractivity contribution < 1.29 is 45.3 Å². The van der Waals surface area contributed by atoms with Crippen LogP contribution in [0.15, 0.2) is 12.1 Å². The van der Waals surface area contributed by atoms with Gasteiger partial charge in [0, 0.05) is 11.1 Å². The molecule has 126 valence electrons. The predicted molar refractivity (Wildman–Crippen MR) is 58.0 cm³/mol. The summed E-state index contributed by atoms with van der Waals surface area (Å²) in [5, 5.41) is 16.3. The summed E-state index contributed by atoms with van der Waals surface area (Å²) >= 11 is 0. The van der Waals surface area contributed by atoms with Crippen LogP contribution >= 0.6 is 0 Å². The quantitative estimate of drug-likeness (QED) is 0.823. The average molecular weight is 338 g/mol. The fourth-order valence-corrected chi connectivity index (χ4v) is 1.66. The summed E-state index contributed by atoms with van der Waals surface area (Å²) in [6, 6.07) is 0.267. The molecule has 0 unspecified atom stereocenters. The summed E-state index contributed by atoms with van der Waals surface area (Å²) in [5.74, 6) is -11.1. The highest BCUT2D eigenvalue weighted by Crippen LogP contribution is 2.50. The minimum Gasteiger partial charge on any atom is -0.331 e. The van der Waals surface area contributed by atoms with Gasteiger partial charge in [-0.2, -0.15) is 35.1 Å². The smallest absolute Gasteiger partial charge is 0.331 e. The van der Waals surface area contributed by atoms with Gasteiger partial charge in [-0.25, -0.2) is 0 Å². The highest BCUT2D eigenvalue weighted by molar-refractivity contribution is 5.43. The van der Waals surface area contributed by atoms with Gasteiger partial charge in [0.2, 0.25) is 0 Å². The van der Waals surface area contributed by atoms with Crippen molar-refractivity contribution in [3.63, 3.8) is 0 Å². The molecule has 0 fully saturated rings. The first-order chi connectivity index (χ1) is 9.53. The van der Waals surface area contributed by atoms with E-state index in [1.807, 2.05) is 0 Å². The zero-order valence-corrected chi connectivity index (χ0v) is 11.1. The number of benzene rings is 1. The minimum atomic E-state index is -5.77. The molecular weight excluding hydrogens is 328 g/mol. The molecule has 0 atom stereocenters. The highest BCUT2D eigenvalue weighted by atomic mass is 19.3. The molecule has 0 amide bonds. The molecule has 22 heavy (non-hydrogen) atoms. The molecule has 0 aliphatic carbocycles. The number of aryl methyl sites for hydroxylation is 2. The predicted octanol–water partition coefficient (Wildman–Crippen LogP) is 3.66. The molecule has 2 N–H and O–H groups in total. The third kappa shape index (κ3) is 2.89. The van der Waals surface area contributed by atoms with Crippen LogP contribution in [0.3, 0.4) is 0 Å². The Kier molecular flexibility index (Phi) is 4.28. The van der Waals surface area contributed by atoms with E-state index < -0.39 is 35.2 Å². The Labute approximate surface area is 119 Å². The van der Waals surface area contributed by atoms with Gasteiger partial charge in [-0.1, -0.05) is 0 Å². The van der Waals surface area contributed by atoms with E-state index >= 15 is 0 Å². The van der Waals surface area contributed by atoms with Gasteiger partial charge in [0.25, 0.3) is 0 Å². The van der Waals surface area contributed by atoms with E-state index in [1.54, 1.807) is 0 Å². The third-order valence-corrected chi connectivity index (χ3v) is 3.07. The van der Waals surface area contributed by atoms with Crippen LogP contribution in [0.2, 0.25) is 0 Å². The normalized spacial score (nSPS) is 14.4. The fourth-order valence-electron chi connectivity index (χ4n) is 1.66. The van der Waals surface area contributed by atoms with E-state index in [0.29, 0.717) is 0 Å². The molecule has 0 saturated carbocycles. The Balaban J connectivity index is 3.77. The molecule has 0 radical (unpaired) electrons. The summed E-state index contributed by atoms with van der Waals surface area (Å²) in [4.78, 5) is 0. The van der Waals surface area contributed by atoms with Gasteiger partial charge in [-0.3, -0.25) is 0 Å². The van der Waals surface area contributed by atoms with Crippen molar-refractivity contribution in [3.05, 3.63) is 34.4 Å². The Morgan fingerprint density at radius 2 is 0.864 bits per heavy atom. The lowest BCUT2D eigenvalue weighted by Crippen LogP contribution is -2.43. The minimum absolute atomic E-state index is 0.133. The molecule has 1 aromatic carbocycles. The van der Waals surface area contributed by atoms with Crippen LogP contribution in [-0.4, -0.2) is 22.4 Å². The summed E-state index contributed by atoms with van der Waals surface area (Å²) in [5.41, 5.74) is -4.77. The van der Waals surface area contributed by atoms with Crippen LogP contribution in [0, 0.1) is 13.8 Å². The maximum Gasteiger partial charge on any atom is 0.421 e. The van der Waals surface area contributed by atoms with E-state index in [0.717, 1.165) is 13.8 Å². The summed E-state index contributed by atoms with van der Waals surface area (Å²) in [6.45, 7) is 2.17. The molecule has 2 nitrogen and oxygen atoms in total. The molecule has 0 aliphatic rings. The molecular formula is C12H10F8O2. The van der Waals surface area contributed by atoms with Crippen molar-refractivity contribution in [3.8, 4) is 0 Å². The van der Waals surface area contributed by atoms with Gasteiger partial charge in [0.15, 0.2) is 0 Å². The topological polar surface area (TPSA) is 40.5 Å². The van der Waals surface area contributed by atoms with Crippen LogP contribution in [0.4, 0.5) is 35.1 Å². The molecule has 0 spiro atoms. The van der Waals surface area contributed by atoms with Crippen LogP contribution in [0.1, 0.15) is 22.3 Å². The first-order valence-electron chi connectivity index (χ1n) is 5.61. The van der Waals surface area contributed by atoms with Gasteiger partial charge < -0.3 is 10.2 Å². The molecule has 10 heteroatoms. The average Bonchev–Trinajstić information content (AvgIpc) is 2.28. The third-order valence-electron chi connectivity index (χ3n) is 3.07. The van der Waals surface area contributed by atoms with Crippen molar-refractivity contribution in [1.29, 1.82) is 0 Å². The largest absolute Gasteiger partial charge is 0.421 e. The molecule has 0 bridgehead atoms. The van der Waals surface area contributed by atoms with Crippen molar-refractivity contribution in [2.75, 3.05) is 0 Å². The van der Waals surface area contributed by atoms with Crippen molar-refractivity contribution in [2.45, 2.75) is 37.9 Å². The first-order valence-corrected chi connectivity index (χ1v) is 5.61.